The molecule has 0 saturated heterocycles. The van der Waals surface area contributed by atoms with Crippen molar-refractivity contribution >= 4 is 28.2 Å². The molecular weight excluding hydrogens is 288 g/mol. The summed E-state index contributed by atoms with van der Waals surface area (Å²) in [5, 5.41) is 4.89. The van der Waals surface area contributed by atoms with Crippen LogP contribution in [-0.2, 0) is 4.79 Å². The van der Waals surface area contributed by atoms with Gasteiger partial charge in [-0.05, 0) is 42.0 Å². The fourth-order valence-corrected chi connectivity index (χ4v) is 2.60. The van der Waals surface area contributed by atoms with E-state index in [-0.39, 0.29) is 11.8 Å². The van der Waals surface area contributed by atoms with Gasteiger partial charge in [-0.25, -0.2) is 4.98 Å². The Balaban J connectivity index is 1.67. The van der Waals surface area contributed by atoms with Gasteiger partial charge in [0.25, 0.3) is 0 Å². The molecule has 2 aromatic heterocycles. The van der Waals surface area contributed by atoms with Crippen LogP contribution in [0.3, 0.4) is 0 Å². The van der Waals surface area contributed by atoms with Crippen molar-refractivity contribution in [2.75, 3.05) is 11.1 Å². The lowest BCUT2D eigenvalue weighted by Gasteiger charge is -2.08. The Morgan fingerprint density at radius 1 is 1.13 bits per heavy atom. The van der Waals surface area contributed by atoms with Crippen LogP contribution in [-0.4, -0.2) is 15.9 Å². The molecule has 0 bridgehead atoms. The van der Waals surface area contributed by atoms with Crippen LogP contribution in [0.15, 0.2) is 48.9 Å². The number of hydrogen-bond acceptors (Lipinski definition) is 4. The normalized spacial score (nSPS) is 13.9. The first-order valence-corrected chi connectivity index (χ1v) is 7.61. The van der Waals surface area contributed by atoms with Crippen molar-refractivity contribution in [2.45, 2.75) is 12.8 Å². The van der Waals surface area contributed by atoms with E-state index in [9.17, 15) is 4.79 Å². The molecule has 0 spiro atoms. The van der Waals surface area contributed by atoms with Crippen molar-refractivity contribution in [2.24, 2.45) is 5.92 Å². The number of anilines is 2. The zero-order chi connectivity index (χ0) is 15.8. The standard InChI is InChI=1S/C18H16N4O/c19-16-5-6-20-10-15(16)13-4-3-12-8-17(21-9-14(12)7-13)22-18(23)11-1-2-11/h3-11H,1-2H2,(H2,19,20)(H,21,22,23). The predicted octanol–water partition coefficient (Wildman–Crippen LogP) is 3.23. The molecule has 4 rings (SSSR count). The second-order valence-corrected chi connectivity index (χ2v) is 5.86. The number of amides is 1. The Morgan fingerprint density at radius 2 is 2.00 bits per heavy atom. The Morgan fingerprint density at radius 3 is 2.78 bits per heavy atom. The minimum absolute atomic E-state index is 0.0663. The van der Waals surface area contributed by atoms with Crippen LogP contribution in [0.25, 0.3) is 21.9 Å². The molecule has 5 heteroatoms. The van der Waals surface area contributed by atoms with Crippen molar-refractivity contribution in [3.05, 3.63) is 48.9 Å². The smallest absolute Gasteiger partial charge is 0.228 e. The molecule has 1 aliphatic carbocycles. The van der Waals surface area contributed by atoms with Crippen molar-refractivity contribution in [1.29, 1.82) is 0 Å². The number of nitrogen functional groups attached to an aromatic ring is 1. The fraction of sp³-hybridized carbons (Fsp3) is 0.167. The number of aromatic nitrogens is 2. The van der Waals surface area contributed by atoms with Crippen molar-refractivity contribution in [3.63, 3.8) is 0 Å². The van der Waals surface area contributed by atoms with Gasteiger partial charge in [-0.2, -0.15) is 0 Å². The number of rotatable bonds is 3. The minimum Gasteiger partial charge on any atom is -0.398 e. The van der Waals surface area contributed by atoms with Gasteiger partial charge < -0.3 is 11.1 Å². The Hall–Kier alpha value is -2.95. The highest BCUT2D eigenvalue weighted by molar-refractivity contribution is 5.96. The lowest BCUT2D eigenvalue weighted by atomic mass is 10.0. The first kappa shape index (κ1) is 13.7. The number of nitrogens with one attached hydrogen (secondary N) is 1. The quantitative estimate of drug-likeness (QED) is 0.778. The third-order valence-electron chi connectivity index (χ3n) is 4.09. The summed E-state index contributed by atoms with van der Waals surface area (Å²) in [6.07, 6.45) is 7.17. The molecule has 0 radical (unpaired) electrons. The maximum Gasteiger partial charge on any atom is 0.228 e. The molecule has 2 heterocycles. The van der Waals surface area contributed by atoms with E-state index < -0.39 is 0 Å². The SMILES string of the molecule is Nc1ccncc1-c1ccc2cc(NC(=O)C3CC3)ncc2c1. The summed E-state index contributed by atoms with van der Waals surface area (Å²) >= 11 is 0. The first-order chi connectivity index (χ1) is 11.2. The van der Waals surface area contributed by atoms with E-state index in [2.05, 4.69) is 15.3 Å². The summed E-state index contributed by atoms with van der Waals surface area (Å²) in [6.45, 7) is 0. The summed E-state index contributed by atoms with van der Waals surface area (Å²) in [6, 6.07) is 9.72. The molecule has 3 N–H and O–H groups in total. The maximum absolute atomic E-state index is 11.8. The molecule has 0 unspecified atom stereocenters. The van der Waals surface area contributed by atoms with Crippen LogP contribution < -0.4 is 11.1 Å². The van der Waals surface area contributed by atoms with Crippen molar-refractivity contribution < 1.29 is 4.79 Å². The highest BCUT2D eigenvalue weighted by Gasteiger charge is 2.29. The molecule has 1 aliphatic rings. The topological polar surface area (TPSA) is 80.9 Å². The van der Waals surface area contributed by atoms with E-state index >= 15 is 0 Å². The molecule has 23 heavy (non-hydrogen) atoms. The number of carbonyl (C=O) groups is 1. The Kier molecular flexibility index (Phi) is 3.19. The molecular formula is C18H16N4O. The van der Waals surface area contributed by atoms with Gasteiger partial charge in [-0.1, -0.05) is 12.1 Å². The first-order valence-electron chi connectivity index (χ1n) is 7.61. The highest BCUT2D eigenvalue weighted by atomic mass is 16.2. The lowest BCUT2D eigenvalue weighted by Crippen LogP contribution is -2.14. The number of fused-ring (bicyclic) bond motifs is 1. The zero-order valence-electron chi connectivity index (χ0n) is 12.5. The van der Waals surface area contributed by atoms with E-state index in [1.807, 2.05) is 24.3 Å². The lowest BCUT2D eigenvalue weighted by molar-refractivity contribution is -0.117. The van der Waals surface area contributed by atoms with Gasteiger partial charge in [0.15, 0.2) is 0 Å². The molecule has 1 saturated carbocycles. The molecule has 1 aromatic carbocycles. The van der Waals surface area contributed by atoms with E-state index in [1.165, 1.54) is 0 Å². The van der Waals surface area contributed by atoms with Crippen molar-refractivity contribution in [1.82, 2.24) is 9.97 Å². The number of benzene rings is 1. The summed E-state index contributed by atoms with van der Waals surface area (Å²) in [5.74, 6) is 0.836. The molecule has 1 amide bonds. The predicted molar refractivity (Wildman–Crippen MR) is 90.7 cm³/mol. The van der Waals surface area contributed by atoms with Crippen molar-refractivity contribution in [3.8, 4) is 11.1 Å². The maximum atomic E-state index is 11.8. The summed E-state index contributed by atoms with van der Waals surface area (Å²) in [7, 11) is 0. The van der Waals surface area contributed by atoms with Gasteiger partial charge in [0.05, 0.1) is 0 Å². The number of carbonyl (C=O) groups excluding carboxylic acids is 1. The highest BCUT2D eigenvalue weighted by Crippen LogP contribution is 2.31. The van der Waals surface area contributed by atoms with Gasteiger partial charge in [0.1, 0.15) is 5.82 Å². The molecule has 3 aromatic rings. The van der Waals surface area contributed by atoms with Crippen LogP contribution in [0, 0.1) is 5.92 Å². The largest absolute Gasteiger partial charge is 0.398 e. The van der Waals surface area contributed by atoms with Gasteiger partial charge in [0.2, 0.25) is 5.91 Å². The summed E-state index contributed by atoms with van der Waals surface area (Å²) in [5.41, 5.74) is 8.60. The van der Waals surface area contributed by atoms with Gasteiger partial charge in [0, 0.05) is 41.1 Å². The van der Waals surface area contributed by atoms with Gasteiger partial charge in [-0.15, -0.1) is 0 Å². The Bertz CT molecular complexity index is 902. The summed E-state index contributed by atoms with van der Waals surface area (Å²) < 4.78 is 0. The fourth-order valence-electron chi connectivity index (χ4n) is 2.60. The number of nitrogens with zero attached hydrogens (tertiary/aromatic N) is 2. The average Bonchev–Trinajstić information content (AvgIpc) is 3.40. The minimum atomic E-state index is 0.0663. The van der Waals surface area contributed by atoms with Gasteiger partial charge >= 0.3 is 0 Å². The monoisotopic (exact) mass is 304 g/mol. The third kappa shape index (κ3) is 2.73. The van der Waals surface area contributed by atoms with Crippen LogP contribution >= 0.6 is 0 Å². The second kappa shape index (κ2) is 5.35. The second-order valence-electron chi connectivity index (χ2n) is 5.86. The van der Waals surface area contributed by atoms with Gasteiger partial charge in [-0.3, -0.25) is 9.78 Å². The number of nitrogens with two attached hydrogens (primary N) is 1. The molecule has 0 aliphatic heterocycles. The number of pyridine rings is 2. The van der Waals surface area contributed by atoms with Crippen LogP contribution in [0.1, 0.15) is 12.8 Å². The zero-order valence-corrected chi connectivity index (χ0v) is 12.5. The molecule has 114 valence electrons. The molecule has 1 fully saturated rings. The molecule has 5 nitrogen and oxygen atoms in total. The summed E-state index contributed by atoms with van der Waals surface area (Å²) in [4.78, 5) is 20.3. The van der Waals surface area contributed by atoms with E-state index in [0.29, 0.717) is 11.5 Å². The molecule has 0 atom stereocenters. The van der Waals surface area contributed by atoms with Crippen LogP contribution in [0.2, 0.25) is 0 Å². The third-order valence-corrected chi connectivity index (χ3v) is 4.09. The van der Waals surface area contributed by atoms with E-state index in [0.717, 1.165) is 34.7 Å². The Labute approximate surface area is 133 Å². The average molecular weight is 304 g/mol. The van der Waals surface area contributed by atoms with E-state index in [4.69, 9.17) is 5.73 Å². The van der Waals surface area contributed by atoms with E-state index in [1.54, 1.807) is 24.7 Å². The number of hydrogen-bond donors (Lipinski definition) is 2. The van der Waals surface area contributed by atoms with Crippen LogP contribution in [0.5, 0.6) is 0 Å². The van der Waals surface area contributed by atoms with Crippen LogP contribution in [0.4, 0.5) is 11.5 Å².